The number of aryl methyl sites for hydroxylation is 1. The Bertz CT molecular complexity index is 455. The molecule has 1 aliphatic carbocycles. The molecule has 18 heavy (non-hydrogen) atoms. The molecule has 0 aliphatic heterocycles. The van der Waals surface area contributed by atoms with Crippen LogP contribution in [0.2, 0.25) is 0 Å². The van der Waals surface area contributed by atoms with E-state index in [1.807, 2.05) is 6.07 Å². The van der Waals surface area contributed by atoms with Crippen LogP contribution in [0, 0.1) is 12.3 Å². The lowest BCUT2D eigenvalue weighted by atomic mass is 10.1. The third kappa shape index (κ3) is 3.12. The van der Waals surface area contributed by atoms with Gasteiger partial charge in [0.2, 0.25) is 0 Å². The number of nitrogens with one attached hydrogen (secondary N) is 1. The summed E-state index contributed by atoms with van der Waals surface area (Å²) in [5.74, 6) is -0.659. The molecule has 2 rings (SSSR count). The number of benzene rings is 1. The molecule has 0 unspecified atom stereocenters. The molecule has 0 atom stereocenters. The van der Waals surface area contributed by atoms with Crippen molar-refractivity contribution >= 4 is 21.9 Å². The topological polar surface area (TPSA) is 49.3 Å². The molecule has 0 radical (unpaired) electrons. The van der Waals surface area contributed by atoms with Gasteiger partial charge in [0.05, 0.1) is 5.41 Å². The fourth-order valence-corrected chi connectivity index (χ4v) is 2.49. The number of aliphatic carboxylic acids is 1. The van der Waals surface area contributed by atoms with Gasteiger partial charge in [0.1, 0.15) is 0 Å². The Labute approximate surface area is 116 Å². The van der Waals surface area contributed by atoms with Crippen LogP contribution in [-0.4, -0.2) is 24.2 Å². The van der Waals surface area contributed by atoms with Gasteiger partial charge in [-0.1, -0.05) is 22.0 Å². The average Bonchev–Trinajstić information content (AvgIpc) is 3.10. The van der Waals surface area contributed by atoms with Crippen molar-refractivity contribution in [3.8, 4) is 0 Å². The van der Waals surface area contributed by atoms with Crippen LogP contribution in [0.4, 0.5) is 0 Å². The first-order valence-electron chi connectivity index (χ1n) is 6.23. The summed E-state index contributed by atoms with van der Waals surface area (Å²) in [6.07, 6.45) is 2.55. The maximum Gasteiger partial charge on any atom is 0.310 e. The zero-order valence-electron chi connectivity index (χ0n) is 10.5. The molecular weight excluding hydrogens is 294 g/mol. The minimum absolute atomic E-state index is 0.466. The minimum atomic E-state index is -0.659. The molecule has 0 spiro atoms. The molecule has 1 fully saturated rings. The van der Waals surface area contributed by atoms with Crippen molar-refractivity contribution in [2.45, 2.75) is 26.2 Å². The smallest absolute Gasteiger partial charge is 0.310 e. The summed E-state index contributed by atoms with van der Waals surface area (Å²) < 4.78 is 1.09. The number of halogens is 1. The number of carboxylic acid groups (broad SMARTS) is 1. The van der Waals surface area contributed by atoms with E-state index in [-0.39, 0.29) is 0 Å². The lowest BCUT2D eigenvalue weighted by Gasteiger charge is -2.12. The summed E-state index contributed by atoms with van der Waals surface area (Å²) in [6.45, 7) is 3.52. The van der Waals surface area contributed by atoms with E-state index < -0.39 is 11.4 Å². The quantitative estimate of drug-likeness (QED) is 0.794. The monoisotopic (exact) mass is 311 g/mol. The highest BCUT2D eigenvalue weighted by Gasteiger charge is 2.49. The molecule has 1 saturated carbocycles. The lowest BCUT2D eigenvalue weighted by molar-refractivity contribution is -0.143. The van der Waals surface area contributed by atoms with Crippen LogP contribution < -0.4 is 5.32 Å². The Kier molecular flexibility index (Phi) is 4.07. The molecule has 0 heterocycles. The summed E-state index contributed by atoms with van der Waals surface area (Å²) in [6, 6.07) is 6.26. The fraction of sp³-hybridized carbons (Fsp3) is 0.500. The Balaban J connectivity index is 1.79. The standard InChI is InChI=1S/C14H18BrNO2/c1-10-2-3-12(15)8-11(10)4-7-16-9-14(5-6-14)13(17)18/h2-3,8,16H,4-7,9H2,1H3,(H,17,18). The highest BCUT2D eigenvalue weighted by Crippen LogP contribution is 2.45. The third-order valence-electron chi connectivity index (χ3n) is 3.65. The van der Waals surface area contributed by atoms with Gasteiger partial charge in [0, 0.05) is 11.0 Å². The zero-order valence-corrected chi connectivity index (χ0v) is 12.1. The normalized spacial score (nSPS) is 16.6. The van der Waals surface area contributed by atoms with Crippen molar-refractivity contribution in [1.29, 1.82) is 0 Å². The van der Waals surface area contributed by atoms with Gasteiger partial charge in [-0.05, 0) is 56.0 Å². The molecule has 4 heteroatoms. The first-order chi connectivity index (χ1) is 8.53. The Morgan fingerprint density at radius 2 is 2.22 bits per heavy atom. The maximum atomic E-state index is 11.0. The summed E-state index contributed by atoms with van der Waals surface area (Å²) in [4.78, 5) is 11.0. The zero-order chi connectivity index (χ0) is 13.2. The van der Waals surface area contributed by atoms with E-state index in [2.05, 4.69) is 40.3 Å². The molecule has 0 saturated heterocycles. The lowest BCUT2D eigenvalue weighted by Crippen LogP contribution is -2.31. The van der Waals surface area contributed by atoms with E-state index in [4.69, 9.17) is 5.11 Å². The van der Waals surface area contributed by atoms with Crippen LogP contribution in [0.25, 0.3) is 0 Å². The number of carboxylic acids is 1. The van der Waals surface area contributed by atoms with E-state index in [9.17, 15) is 4.79 Å². The number of hydrogen-bond donors (Lipinski definition) is 2. The van der Waals surface area contributed by atoms with Gasteiger partial charge in [-0.2, -0.15) is 0 Å². The van der Waals surface area contributed by atoms with Crippen molar-refractivity contribution < 1.29 is 9.90 Å². The second-order valence-corrected chi connectivity index (χ2v) is 6.00. The largest absolute Gasteiger partial charge is 0.481 e. The van der Waals surface area contributed by atoms with Crippen LogP contribution in [0.3, 0.4) is 0 Å². The van der Waals surface area contributed by atoms with Gasteiger partial charge in [0.25, 0.3) is 0 Å². The molecule has 0 aromatic heterocycles. The van der Waals surface area contributed by atoms with Gasteiger partial charge in [-0.3, -0.25) is 4.79 Å². The van der Waals surface area contributed by atoms with Gasteiger partial charge < -0.3 is 10.4 Å². The SMILES string of the molecule is Cc1ccc(Br)cc1CCNCC1(C(=O)O)CC1. The molecule has 1 aromatic rings. The molecule has 98 valence electrons. The van der Waals surface area contributed by atoms with E-state index in [1.54, 1.807) is 0 Å². The number of rotatable bonds is 6. The van der Waals surface area contributed by atoms with Gasteiger partial charge in [0.15, 0.2) is 0 Å². The Morgan fingerprint density at radius 1 is 1.50 bits per heavy atom. The molecular formula is C14H18BrNO2. The first kappa shape index (κ1) is 13.6. The van der Waals surface area contributed by atoms with Crippen LogP contribution in [-0.2, 0) is 11.2 Å². The average molecular weight is 312 g/mol. The minimum Gasteiger partial charge on any atom is -0.481 e. The predicted molar refractivity (Wildman–Crippen MR) is 74.8 cm³/mol. The second-order valence-electron chi connectivity index (χ2n) is 5.08. The molecule has 1 aromatic carbocycles. The van der Waals surface area contributed by atoms with Crippen molar-refractivity contribution in [1.82, 2.24) is 5.32 Å². The van der Waals surface area contributed by atoms with Gasteiger partial charge in [-0.25, -0.2) is 0 Å². The summed E-state index contributed by atoms with van der Waals surface area (Å²) in [5, 5.41) is 12.3. The van der Waals surface area contributed by atoms with Crippen LogP contribution >= 0.6 is 15.9 Å². The van der Waals surface area contributed by atoms with E-state index in [0.29, 0.717) is 6.54 Å². The van der Waals surface area contributed by atoms with E-state index in [1.165, 1.54) is 11.1 Å². The van der Waals surface area contributed by atoms with Crippen molar-refractivity contribution in [2.24, 2.45) is 5.41 Å². The van der Waals surface area contributed by atoms with Crippen LogP contribution in [0.15, 0.2) is 22.7 Å². The fourth-order valence-electron chi connectivity index (χ4n) is 2.08. The van der Waals surface area contributed by atoms with E-state index in [0.717, 1.165) is 30.3 Å². The predicted octanol–water partition coefficient (Wildman–Crippen LogP) is 2.75. The highest BCUT2D eigenvalue weighted by atomic mass is 79.9. The molecule has 1 aliphatic rings. The van der Waals surface area contributed by atoms with Crippen LogP contribution in [0.5, 0.6) is 0 Å². The summed E-state index contributed by atoms with van der Waals surface area (Å²) in [7, 11) is 0. The first-order valence-corrected chi connectivity index (χ1v) is 7.02. The Hall–Kier alpha value is -0.870. The second kappa shape index (κ2) is 5.41. The van der Waals surface area contributed by atoms with Gasteiger partial charge in [-0.15, -0.1) is 0 Å². The highest BCUT2D eigenvalue weighted by molar-refractivity contribution is 9.10. The summed E-state index contributed by atoms with van der Waals surface area (Å²) >= 11 is 3.47. The number of carbonyl (C=O) groups is 1. The van der Waals surface area contributed by atoms with Crippen LogP contribution in [0.1, 0.15) is 24.0 Å². The van der Waals surface area contributed by atoms with E-state index >= 15 is 0 Å². The maximum absolute atomic E-state index is 11.0. The Morgan fingerprint density at radius 3 is 2.83 bits per heavy atom. The molecule has 3 nitrogen and oxygen atoms in total. The molecule has 2 N–H and O–H groups in total. The molecule has 0 amide bonds. The number of hydrogen-bond acceptors (Lipinski definition) is 2. The summed E-state index contributed by atoms with van der Waals surface area (Å²) in [5.41, 5.74) is 2.11. The molecule has 0 bridgehead atoms. The van der Waals surface area contributed by atoms with Crippen molar-refractivity contribution in [3.63, 3.8) is 0 Å². The van der Waals surface area contributed by atoms with Crippen molar-refractivity contribution in [2.75, 3.05) is 13.1 Å². The van der Waals surface area contributed by atoms with Gasteiger partial charge >= 0.3 is 5.97 Å². The van der Waals surface area contributed by atoms with Crippen molar-refractivity contribution in [3.05, 3.63) is 33.8 Å². The third-order valence-corrected chi connectivity index (χ3v) is 4.15.